The summed E-state index contributed by atoms with van der Waals surface area (Å²) in [7, 11) is 0. The molecule has 0 atom stereocenters. The SMILES string of the molecule is N=C(N)c1ccc(O)c(-c2ccccc2)c1-c1ccccc1. The maximum Gasteiger partial charge on any atom is 0.124 e. The maximum absolute atomic E-state index is 10.4. The third-order valence-corrected chi connectivity index (χ3v) is 3.60. The van der Waals surface area contributed by atoms with E-state index < -0.39 is 0 Å². The van der Waals surface area contributed by atoms with Crippen molar-refractivity contribution >= 4 is 5.84 Å². The van der Waals surface area contributed by atoms with Crippen molar-refractivity contribution in [2.24, 2.45) is 5.73 Å². The number of aromatic hydroxyl groups is 1. The van der Waals surface area contributed by atoms with Crippen LogP contribution in [0.15, 0.2) is 72.8 Å². The Balaban J connectivity index is 2.38. The van der Waals surface area contributed by atoms with Crippen molar-refractivity contribution in [2.45, 2.75) is 0 Å². The first kappa shape index (κ1) is 13.9. The minimum Gasteiger partial charge on any atom is -0.507 e. The van der Waals surface area contributed by atoms with Crippen LogP contribution in [0.4, 0.5) is 0 Å². The lowest BCUT2D eigenvalue weighted by Crippen LogP contribution is -2.13. The van der Waals surface area contributed by atoms with E-state index in [1.165, 1.54) is 0 Å². The van der Waals surface area contributed by atoms with Gasteiger partial charge in [-0.3, -0.25) is 5.41 Å². The average molecular weight is 288 g/mol. The number of amidine groups is 1. The zero-order chi connectivity index (χ0) is 15.5. The molecule has 0 spiro atoms. The van der Waals surface area contributed by atoms with Gasteiger partial charge in [0.1, 0.15) is 11.6 Å². The number of benzene rings is 3. The number of rotatable bonds is 3. The zero-order valence-corrected chi connectivity index (χ0v) is 12.0. The maximum atomic E-state index is 10.4. The van der Waals surface area contributed by atoms with Crippen molar-refractivity contribution in [3.63, 3.8) is 0 Å². The van der Waals surface area contributed by atoms with E-state index in [1.807, 2.05) is 60.7 Å². The highest BCUT2D eigenvalue weighted by atomic mass is 16.3. The lowest BCUT2D eigenvalue weighted by Gasteiger charge is -2.16. The Hall–Kier alpha value is -3.07. The first-order chi connectivity index (χ1) is 10.7. The molecule has 0 saturated heterocycles. The van der Waals surface area contributed by atoms with Crippen LogP contribution in [-0.4, -0.2) is 10.9 Å². The summed E-state index contributed by atoms with van der Waals surface area (Å²) in [6, 6.07) is 22.6. The predicted octanol–water partition coefficient (Wildman–Crippen LogP) is 4.01. The summed E-state index contributed by atoms with van der Waals surface area (Å²) in [5.41, 5.74) is 9.65. The van der Waals surface area contributed by atoms with Crippen LogP contribution in [0.3, 0.4) is 0 Å². The first-order valence-electron chi connectivity index (χ1n) is 6.99. The van der Waals surface area contributed by atoms with Gasteiger partial charge in [-0.25, -0.2) is 0 Å². The molecule has 0 aliphatic heterocycles. The Morgan fingerprint density at radius 1 is 0.727 bits per heavy atom. The van der Waals surface area contributed by atoms with E-state index in [4.69, 9.17) is 11.1 Å². The lowest BCUT2D eigenvalue weighted by molar-refractivity contribution is 0.477. The third kappa shape index (κ3) is 2.44. The predicted molar refractivity (Wildman–Crippen MR) is 90.0 cm³/mol. The summed E-state index contributed by atoms with van der Waals surface area (Å²) in [6.45, 7) is 0. The fraction of sp³-hybridized carbons (Fsp3) is 0. The molecule has 3 aromatic rings. The molecule has 3 heteroatoms. The van der Waals surface area contributed by atoms with Gasteiger partial charge in [0.2, 0.25) is 0 Å². The summed E-state index contributed by atoms with van der Waals surface area (Å²) >= 11 is 0. The molecule has 0 heterocycles. The molecule has 3 aromatic carbocycles. The molecule has 4 N–H and O–H groups in total. The van der Waals surface area contributed by atoms with Gasteiger partial charge in [0.25, 0.3) is 0 Å². The van der Waals surface area contributed by atoms with Gasteiger partial charge in [0.05, 0.1) is 0 Å². The minimum atomic E-state index is -0.0176. The highest BCUT2D eigenvalue weighted by molar-refractivity contribution is 6.06. The number of nitrogen functional groups attached to an aromatic ring is 1. The van der Waals surface area contributed by atoms with E-state index in [1.54, 1.807) is 12.1 Å². The van der Waals surface area contributed by atoms with Gasteiger partial charge in [-0.05, 0) is 23.3 Å². The second kappa shape index (κ2) is 5.74. The van der Waals surface area contributed by atoms with Gasteiger partial charge in [-0.15, -0.1) is 0 Å². The molecule has 0 saturated carbocycles. The van der Waals surface area contributed by atoms with Gasteiger partial charge < -0.3 is 10.8 Å². The van der Waals surface area contributed by atoms with E-state index in [-0.39, 0.29) is 11.6 Å². The second-order valence-electron chi connectivity index (χ2n) is 5.03. The van der Waals surface area contributed by atoms with E-state index in [9.17, 15) is 5.11 Å². The highest BCUT2D eigenvalue weighted by Crippen LogP contribution is 2.40. The number of nitrogens with one attached hydrogen (secondary N) is 1. The molecule has 0 radical (unpaired) electrons. The van der Waals surface area contributed by atoms with Gasteiger partial charge in [-0.2, -0.15) is 0 Å². The zero-order valence-electron chi connectivity index (χ0n) is 12.0. The number of phenolic OH excluding ortho intramolecular Hbond substituents is 1. The number of hydrogen-bond acceptors (Lipinski definition) is 2. The van der Waals surface area contributed by atoms with Crippen molar-refractivity contribution in [3.05, 3.63) is 78.4 Å². The molecule has 0 aliphatic rings. The van der Waals surface area contributed by atoms with Crippen LogP contribution < -0.4 is 5.73 Å². The van der Waals surface area contributed by atoms with Crippen molar-refractivity contribution in [3.8, 4) is 28.0 Å². The molecule has 0 aromatic heterocycles. The highest BCUT2D eigenvalue weighted by Gasteiger charge is 2.17. The number of phenols is 1. The molecular weight excluding hydrogens is 272 g/mol. The molecule has 3 nitrogen and oxygen atoms in total. The summed E-state index contributed by atoms with van der Waals surface area (Å²) in [6.07, 6.45) is 0. The van der Waals surface area contributed by atoms with Crippen LogP contribution in [0.5, 0.6) is 5.75 Å². The first-order valence-corrected chi connectivity index (χ1v) is 6.99. The lowest BCUT2D eigenvalue weighted by atomic mass is 9.89. The summed E-state index contributed by atoms with van der Waals surface area (Å²) in [4.78, 5) is 0. The van der Waals surface area contributed by atoms with E-state index in [0.29, 0.717) is 11.1 Å². The van der Waals surface area contributed by atoms with Crippen LogP contribution in [0, 0.1) is 5.41 Å². The Morgan fingerprint density at radius 3 is 1.73 bits per heavy atom. The largest absolute Gasteiger partial charge is 0.507 e. The Bertz CT molecular complexity index is 812. The standard InChI is InChI=1S/C19H16N2O/c20-19(21)15-11-12-16(22)18(14-9-5-2-6-10-14)17(15)13-7-3-1-4-8-13/h1-12,22H,(H3,20,21). The summed E-state index contributed by atoms with van der Waals surface area (Å²) in [5.74, 6) is 0.158. The molecule has 0 bridgehead atoms. The average Bonchev–Trinajstić information content (AvgIpc) is 2.56. The third-order valence-electron chi connectivity index (χ3n) is 3.60. The van der Waals surface area contributed by atoms with Crippen LogP contribution in [0.1, 0.15) is 5.56 Å². The van der Waals surface area contributed by atoms with Gasteiger partial charge >= 0.3 is 0 Å². The van der Waals surface area contributed by atoms with Gasteiger partial charge in [0, 0.05) is 16.7 Å². The Kier molecular flexibility index (Phi) is 3.62. The fourth-order valence-corrected chi connectivity index (χ4v) is 2.62. The van der Waals surface area contributed by atoms with E-state index in [0.717, 1.165) is 16.7 Å². The normalized spacial score (nSPS) is 10.4. The summed E-state index contributed by atoms with van der Waals surface area (Å²) < 4.78 is 0. The van der Waals surface area contributed by atoms with Crippen LogP contribution in [0.2, 0.25) is 0 Å². The monoisotopic (exact) mass is 288 g/mol. The van der Waals surface area contributed by atoms with Crippen molar-refractivity contribution in [1.29, 1.82) is 5.41 Å². The van der Waals surface area contributed by atoms with Crippen molar-refractivity contribution in [1.82, 2.24) is 0 Å². The van der Waals surface area contributed by atoms with Gasteiger partial charge in [-0.1, -0.05) is 60.7 Å². The fourth-order valence-electron chi connectivity index (χ4n) is 2.62. The number of hydrogen-bond donors (Lipinski definition) is 3. The molecule has 0 aliphatic carbocycles. The molecule has 0 fully saturated rings. The van der Waals surface area contributed by atoms with Crippen LogP contribution in [-0.2, 0) is 0 Å². The topological polar surface area (TPSA) is 70.1 Å². The van der Waals surface area contributed by atoms with Crippen LogP contribution >= 0.6 is 0 Å². The van der Waals surface area contributed by atoms with Gasteiger partial charge in [0.15, 0.2) is 0 Å². The van der Waals surface area contributed by atoms with Crippen molar-refractivity contribution in [2.75, 3.05) is 0 Å². The van der Waals surface area contributed by atoms with E-state index in [2.05, 4.69) is 0 Å². The molecule has 0 unspecified atom stereocenters. The quantitative estimate of drug-likeness (QED) is 0.503. The molecule has 22 heavy (non-hydrogen) atoms. The smallest absolute Gasteiger partial charge is 0.124 e. The second-order valence-corrected chi connectivity index (χ2v) is 5.03. The summed E-state index contributed by atoms with van der Waals surface area (Å²) in [5, 5.41) is 18.3. The van der Waals surface area contributed by atoms with Crippen molar-refractivity contribution < 1.29 is 5.11 Å². The van der Waals surface area contributed by atoms with Crippen LogP contribution in [0.25, 0.3) is 22.3 Å². The molecule has 108 valence electrons. The Morgan fingerprint density at radius 2 is 1.23 bits per heavy atom. The molecule has 0 amide bonds. The Labute approximate surface area is 129 Å². The number of nitrogens with two attached hydrogens (primary N) is 1. The minimum absolute atomic E-state index is 0.0176. The molecule has 3 rings (SSSR count). The molecular formula is C19H16N2O. The van der Waals surface area contributed by atoms with E-state index >= 15 is 0 Å².